The number of hydrogen-bond donors (Lipinski definition) is 1. The van der Waals surface area contributed by atoms with Crippen LogP contribution in [0.4, 0.5) is 5.82 Å². The molecule has 7 heteroatoms. The van der Waals surface area contributed by atoms with E-state index in [0.29, 0.717) is 24.6 Å². The Balaban J connectivity index is 1.37. The minimum Gasteiger partial charge on any atom is -0.384 e. The number of imidazole rings is 1. The van der Waals surface area contributed by atoms with Crippen molar-refractivity contribution >= 4 is 17.4 Å². The number of aryl methyl sites for hydroxylation is 2. The number of hydrogen-bond acceptors (Lipinski definition) is 5. The van der Waals surface area contributed by atoms with Crippen LogP contribution < -0.4 is 5.73 Å². The Morgan fingerprint density at radius 1 is 1.10 bits per heavy atom. The van der Waals surface area contributed by atoms with Crippen molar-refractivity contribution in [3.8, 4) is 11.1 Å². The molecule has 0 aromatic carbocycles. The average Bonchev–Trinajstić information content (AvgIpc) is 3.40. The lowest BCUT2D eigenvalue weighted by atomic mass is 9.99. The molecule has 7 nitrogen and oxygen atoms in total. The molecule has 4 aromatic heterocycles. The number of nitrogens with zero attached hydrogens (tertiary/aromatic N) is 5. The van der Waals surface area contributed by atoms with E-state index >= 15 is 0 Å². The molecule has 0 radical (unpaired) electrons. The van der Waals surface area contributed by atoms with Crippen LogP contribution in [0.2, 0.25) is 0 Å². The highest BCUT2D eigenvalue weighted by molar-refractivity contribution is 5.93. The van der Waals surface area contributed by atoms with Crippen molar-refractivity contribution in [1.29, 1.82) is 0 Å². The van der Waals surface area contributed by atoms with Gasteiger partial charge in [-0.1, -0.05) is 0 Å². The van der Waals surface area contributed by atoms with Crippen LogP contribution in [-0.2, 0) is 0 Å². The van der Waals surface area contributed by atoms with E-state index in [4.69, 9.17) is 10.7 Å². The summed E-state index contributed by atoms with van der Waals surface area (Å²) >= 11 is 0. The maximum absolute atomic E-state index is 13.1. The standard InChI is InChI=1S/C24H24N6O/c1-15-5-7-29-14-21(28-23(29)9-15)24(31)30-8-6-18(13-30)20-11-19(10-16(2)27-20)17-3-4-22(25)26-12-17/h3-5,7,9-12,14,18H,6,8,13H2,1-2H3,(H2,25,26). The zero-order valence-corrected chi connectivity index (χ0v) is 17.6. The predicted octanol–water partition coefficient (Wildman–Crippen LogP) is 3.62. The van der Waals surface area contributed by atoms with E-state index < -0.39 is 0 Å². The highest BCUT2D eigenvalue weighted by Crippen LogP contribution is 2.30. The first-order valence-electron chi connectivity index (χ1n) is 10.4. The Hall–Kier alpha value is -3.74. The second-order valence-electron chi connectivity index (χ2n) is 8.23. The summed E-state index contributed by atoms with van der Waals surface area (Å²) in [6.45, 7) is 5.35. The monoisotopic (exact) mass is 412 g/mol. The van der Waals surface area contributed by atoms with Crippen LogP contribution in [0.25, 0.3) is 16.8 Å². The molecule has 4 aromatic rings. The summed E-state index contributed by atoms with van der Waals surface area (Å²) in [5.74, 6) is 0.671. The van der Waals surface area contributed by atoms with E-state index in [9.17, 15) is 4.79 Å². The number of nitrogens with two attached hydrogens (primary N) is 1. The third-order valence-electron chi connectivity index (χ3n) is 5.82. The molecule has 0 aliphatic carbocycles. The van der Waals surface area contributed by atoms with Gasteiger partial charge in [-0.05, 0) is 67.8 Å². The molecule has 31 heavy (non-hydrogen) atoms. The Labute approximate surface area is 180 Å². The fourth-order valence-corrected chi connectivity index (χ4v) is 4.18. The molecule has 1 unspecified atom stereocenters. The maximum atomic E-state index is 13.1. The SMILES string of the molecule is Cc1ccn2cc(C(=O)N3CCC(c4cc(-c5ccc(N)nc5)cc(C)n4)C3)nc2c1. The van der Waals surface area contributed by atoms with Gasteiger partial charge in [-0.3, -0.25) is 9.78 Å². The molecule has 1 fully saturated rings. The van der Waals surface area contributed by atoms with Crippen LogP contribution in [0.1, 0.15) is 39.8 Å². The van der Waals surface area contributed by atoms with Crippen molar-refractivity contribution in [3.05, 3.63) is 77.6 Å². The van der Waals surface area contributed by atoms with Gasteiger partial charge in [0.05, 0.1) is 0 Å². The highest BCUT2D eigenvalue weighted by Gasteiger charge is 2.30. The van der Waals surface area contributed by atoms with Gasteiger partial charge in [0.1, 0.15) is 17.2 Å². The molecule has 1 amide bonds. The highest BCUT2D eigenvalue weighted by atomic mass is 16.2. The minimum atomic E-state index is -0.0283. The molecule has 0 bridgehead atoms. The molecular formula is C24H24N6O. The van der Waals surface area contributed by atoms with Crippen LogP contribution in [0, 0.1) is 13.8 Å². The smallest absolute Gasteiger partial charge is 0.274 e. The number of likely N-dealkylation sites (tertiary alicyclic amines) is 1. The number of carbonyl (C=O) groups excluding carboxylic acids is 1. The second kappa shape index (κ2) is 7.50. The van der Waals surface area contributed by atoms with Crippen LogP contribution in [0.3, 0.4) is 0 Å². The first-order valence-corrected chi connectivity index (χ1v) is 10.4. The van der Waals surface area contributed by atoms with Crippen molar-refractivity contribution in [2.75, 3.05) is 18.8 Å². The van der Waals surface area contributed by atoms with Crippen molar-refractivity contribution in [2.24, 2.45) is 0 Å². The van der Waals surface area contributed by atoms with Crippen LogP contribution in [0.15, 0.2) is 55.0 Å². The third kappa shape index (κ3) is 3.74. The van der Waals surface area contributed by atoms with Gasteiger partial charge in [0.25, 0.3) is 5.91 Å². The normalized spacial score (nSPS) is 16.2. The summed E-state index contributed by atoms with van der Waals surface area (Å²) in [6, 6.07) is 11.9. The molecule has 1 aliphatic heterocycles. The van der Waals surface area contributed by atoms with E-state index in [2.05, 4.69) is 16.0 Å². The fourth-order valence-electron chi connectivity index (χ4n) is 4.18. The number of amides is 1. The van der Waals surface area contributed by atoms with Gasteiger partial charge < -0.3 is 15.0 Å². The largest absolute Gasteiger partial charge is 0.384 e. The van der Waals surface area contributed by atoms with Gasteiger partial charge >= 0.3 is 0 Å². The van der Waals surface area contributed by atoms with Crippen LogP contribution in [-0.4, -0.2) is 43.2 Å². The lowest BCUT2D eigenvalue weighted by molar-refractivity contribution is 0.0785. The van der Waals surface area contributed by atoms with Crippen molar-refractivity contribution in [2.45, 2.75) is 26.2 Å². The van der Waals surface area contributed by atoms with E-state index in [-0.39, 0.29) is 11.8 Å². The molecule has 1 atom stereocenters. The molecule has 5 rings (SSSR count). The summed E-state index contributed by atoms with van der Waals surface area (Å²) in [7, 11) is 0. The molecule has 1 aliphatic rings. The van der Waals surface area contributed by atoms with E-state index in [1.165, 1.54) is 0 Å². The lowest BCUT2D eigenvalue weighted by Crippen LogP contribution is -2.28. The number of nitrogen functional groups attached to an aromatic ring is 1. The van der Waals surface area contributed by atoms with Gasteiger partial charge in [0.2, 0.25) is 0 Å². The van der Waals surface area contributed by atoms with Gasteiger partial charge in [-0.25, -0.2) is 9.97 Å². The molecule has 2 N–H and O–H groups in total. The summed E-state index contributed by atoms with van der Waals surface area (Å²) in [5.41, 5.74) is 12.1. The minimum absolute atomic E-state index is 0.0283. The summed E-state index contributed by atoms with van der Waals surface area (Å²) in [4.78, 5) is 28.5. The Morgan fingerprint density at radius 3 is 2.77 bits per heavy atom. The molecular weight excluding hydrogens is 388 g/mol. The number of pyridine rings is 3. The van der Waals surface area contributed by atoms with E-state index in [1.807, 2.05) is 59.8 Å². The lowest BCUT2D eigenvalue weighted by Gasteiger charge is -2.16. The molecule has 156 valence electrons. The summed E-state index contributed by atoms with van der Waals surface area (Å²) in [5, 5.41) is 0. The van der Waals surface area contributed by atoms with Gasteiger partial charge in [0.15, 0.2) is 0 Å². The molecule has 0 spiro atoms. The van der Waals surface area contributed by atoms with Crippen molar-refractivity contribution in [1.82, 2.24) is 24.3 Å². The number of carbonyl (C=O) groups is 1. The zero-order chi connectivity index (χ0) is 21.5. The topological polar surface area (TPSA) is 89.4 Å². The summed E-state index contributed by atoms with van der Waals surface area (Å²) in [6.07, 6.45) is 6.41. The quantitative estimate of drug-likeness (QED) is 0.555. The second-order valence-corrected chi connectivity index (χ2v) is 8.23. The average molecular weight is 412 g/mol. The van der Waals surface area contributed by atoms with E-state index in [0.717, 1.165) is 40.1 Å². The predicted molar refractivity (Wildman–Crippen MR) is 120 cm³/mol. The Morgan fingerprint density at radius 2 is 1.97 bits per heavy atom. The molecule has 1 saturated heterocycles. The summed E-state index contributed by atoms with van der Waals surface area (Å²) < 4.78 is 1.89. The maximum Gasteiger partial charge on any atom is 0.274 e. The van der Waals surface area contributed by atoms with Crippen LogP contribution in [0.5, 0.6) is 0 Å². The van der Waals surface area contributed by atoms with Gasteiger partial charge in [-0.2, -0.15) is 0 Å². The zero-order valence-electron chi connectivity index (χ0n) is 17.6. The third-order valence-corrected chi connectivity index (χ3v) is 5.82. The Bertz CT molecular complexity index is 1280. The number of rotatable bonds is 3. The number of anilines is 1. The van der Waals surface area contributed by atoms with Gasteiger partial charge in [0, 0.05) is 54.5 Å². The first kappa shape index (κ1) is 19.2. The van der Waals surface area contributed by atoms with Crippen molar-refractivity contribution < 1.29 is 4.79 Å². The number of fused-ring (bicyclic) bond motifs is 1. The van der Waals surface area contributed by atoms with E-state index in [1.54, 1.807) is 12.3 Å². The van der Waals surface area contributed by atoms with Crippen molar-refractivity contribution in [3.63, 3.8) is 0 Å². The first-order chi connectivity index (χ1) is 15.0. The molecule has 0 saturated carbocycles. The molecule has 5 heterocycles. The fraction of sp³-hybridized carbons (Fsp3) is 0.250. The number of aromatic nitrogens is 4. The van der Waals surface area contributed by atoms with Gasteiger partial charge in [-0.15, -0.1) is 0 Å². The Kier molecular flexibility index (Phi) is 4.66. The van der Waals surface area contributed by atoms with Crippen LogP contribution >= 0.6 is 0 Å².